The van der Waals surface area contributed by atoms with Crippen LogP contribution in [-0.2, 0) is 23.1 Å². The van der Waals surface area contributed by atoms with E-state index in [1.54, 1.807) is 42.6 Å². The molecule has 106 valence electrons. The van der Waals surface area contributed by atoms with Crippen LogP contribution in [0.15, 0.2) is 48.7 Å². The molecule has 0 spiro atoms. The van der Waals surface area contributed by atoms with E-state index < -0.39 is 10.0 Å². The fourth-order valence-corrected chi connectivity index (χ4v) is 2.77. The van der Waals surface area contributed by atoms with E-state index in [2.05, 4.69) is 9.71 Å². The largest absolute Gasteiger partial charge is 0.392 e. The van der Waals surface area contributed by atoms with E-state index >= 15 is 0 Å². The third-order valence-corrected chi connectivity index (χ3v) is 4.05. The number of nitrogens with zero attached hydrogens (tertiary/aromatic N) is 1. The number of rotatable bonds is 6. The van der Waals surface area contributed by atoms with E-state index in [1.807, 2.05) is 6.07 Å². The van der Waals surface area contributed by atoms with Gasteiger partial charge in [-0.2, -0.15) is 0 Å². The molecule has 20 heavy (non-hydrogen) atoms. The lowest BCUT2D eigenvalue weighted by Crippen LogP contribution is -2.18. The lowest BCUT2D eigenvalue weighted by atomic mass is 10.2. The number of nitrogens with one attached hydrogen (secondary N) is 1. The molecule has 0 radical (unpaired) electrons. The molecule has 0 atom stereocenters. The van der Waals surface area contributed by atoms with Gasteiger partial charge >= 0.3 is 0 Å². The molecule has 2 rings (SSSR count). The maximum Gasteiger partial charge on any atom is 0.233 e. The highest BCUT2D eigenvalue weighted by Crippen LogP contribution is 2.12. The van der Waals surface area contributed by atoms with Crippen molar-refractivity contribution >= 4 is 15.7 Å². The monoisotopic (exact) mass is 292 g/mol. The first kappa shape index (κ1) is 14.5. The Morgan fingerprint density at radius 1 is 1.10 bits per heavy atom. The molecule has 0 saturated carbocycles. The topological polar surface area (TPSA) is 79.3 Å². The molecule has 1 heterocycles. The highest BCUT2D eigenvalue weighted by molar-refractivity contribution is 7.92. The minimum atomic E-state index is -3.40. The van der Waals surface area contributed by atoms with E-state index in [9.17, 15) is 8.42 Å². The van der Waals surface area contributed by atoms with Crippen molar-refractivity contribution < 1.29 is 13.5 Å². The van der Waals surface area contributed by atoms with Crippen LogP contribution in [0, 0.1) is 0 Å². The molecule has 5 nitrogen and oxygen atoms in total. The van der Waals surface area contributed by atoms with Gasteiger partial charge in [0.15, 0.2) is 0 Å². The first-order valence-corrected chi connectivity index (χ1v) is 7.84. The van der Waals surface area contributed by atoms with Crippen molar-refractivity contribution in [3.05, 3.63) is 59.9 Å². The molecule has 0 aliphatic rings. The molecule has 0 unspecified atom stereocenters. The summed E-state index contributed by atoms with van der Waals surface area (Å²) in [5.74, 6) is -0.0221. The van der Waals surface area contributed by atoms with Crippen molar-refractivity contribution in [1.82, 2.24) is 4.98 Å². The Hall–Kier alpha value is -1.92. The van der Waals surface area contributed by atoms with Crippen LogP contribution in [0.1, 0.15) is 11.3 Å². The average molecular weight is 292 g/mol. The van der Waals surface area contributed by atoms with Crippen molar-refractivity contribution in [2.75, 3.05) is 10.5 Å². The second-order valence-corrected chi connectivity index (χ2v) is 6.19. The highest BCUT2D eigenvalue weighted by Gasteiger charge is 2.11. The van der Waals surface area contributed by atoms with Crippen molar-refractivity contribution in [2.45, 2.75) is 13.0 Å². The molecule has 0 saturated heterocycles. The number of anilines is 1. The Kier molecular flexibility index (Phi) is 4.70. The molecule has 0 fully saturated rings. The summed E-state index contributed by atoms with van der Waals surface area (Å²) in [6, 6.07) is 12.0. The van der Waals surface area contributed by atoms with E-state index in [0.717, 1.165) is 11.3 Å². The number of aromatic nitrogens is 1. The minimum Gasteiger partial charge on any atom is -0.392 e. The van der Waals surface area contributed by atoms with Crippen molar-refractivity contribution in [3.8, 4) is 0 Å². The minimum absolute atomic E-state index is 0.0221. The fraction of sp³-hybridized carbons (Fsp3) is 0.214. The van der Waals surface area contributed by atoms with Crippen LogP contribution in [-0.4, -0.2) is 24.3 Å². The van der Waals surface area contributed by atoms with E-state index in [1.165, 1.54) is 0 Å². The van der Waals surface area contributed by atoms with Gasteiger partial charge in [-0.3, -0.25) is 9.71 Å². The second kappa shape index (κ2) is 6.49. The Bertz CT molecular complexity index is 640. The Morgan fingerprint density at radius 2 is 1.85 bits per heavy atom. The fourth-order valence-electron chi connectivity index (χ4n) is 1.69. The molecule has 1 aromatic heterocycles. The second-order valence-electron chi connectivity index (χ2n) is 4.35. The number of hydrogen-bond acceptors (Lipinski definition) is 4. The first-order valence-electron chi connectivity index (χ1n) is 6.19. The summed E-state index contributed by atoms with van der Waals surface area (Å²) in [6.07, 6.45) is 2.01. The van der Waals surface area contributed by atoms with Crippen LogP contribution in [0.3, 0.4) is 0 Å². The van der Waals surface area contributed by atoms with Crippen molar-refractivity contribution in [2.24, 2.45) is 0 Å². The van der Waals surface area contributed by atoms with Gasteiger partial charge in [0.2, 0.25) is 10.0 Å². The smallest absolute Gasteiger partial charge is 0.233 e. The summed E-state index contributed by atoms with van der Waals surface area (Å²) in [5.41, 5.74) is 1.97. The van der Waals surface area contributed by atoms with Gasteiger partial charge in [-0.25, -0.2) is 8.42 Å². The van der Waals surface area contributed by atoms with E-state index in [4.69, 9.17) is 5.11 Å². The SMILES string of the molecule is O=S(=O)(CCc1ccccn1)Nc1ccc(CO)cc1. The number of benzene rings is 1. The predicted octanol–water partition coefficient (Wildman–Crippen LogP) is 1.56. The molecule has 6 heteroatoms. The van der Waals surface area contributed by atoms with Gasteiger partial charge in [-0.1, -0.05) is 18.2 Å². The molecular weight excluding hydrogens is 276 g/mol. The molecule has 0 amide bonds. The third kappa shape index (κ3) is 4.32. The summed E-state index contributed by atoms with van der Waals surface area (Å²) in [4.78, 5) is 4.09. The summed E-state index contributed by atoms with van der Waals surface area (Å²) >= 11 is 0. The van der Waals surface area contributed by atoms with Gasteiger partial charge in [0.05, 0.1) is 12.4 Å². The first-order chi connectivity index (χ1) is 9.59. The predicted molar refractivity (Wildman–Crippen MR) is 77.7 cm³/mol. The lowest BCUT2D eigenvalue weighted by molar-refractivity contribution is 0.282. The summed E-state index contributed by atoms with van der Waals surface area (Å²) < 4.78 is 26.4. The van der Waals surface area contributed by atoms with Gasteiger partial charge in [0, 0.05) is 24.0 Å². The third-order valence-electron chi connectivity index (χ3n) is 2.76. The zero-order valence-corrected chi connectivity index (χ0v) is 11.7. The zero-order valence-electron chi connectivity index (χ0n) is 10.9. The average Bonchev–Trinajstić information content (AvgIpc) is 2.47. The van der Waals surface area contributed by atoms with Crippen LogP contribution < -0.4 is 4.72 Å². The number of aliphatic hydroxyl groups is 1. The van der Waals surface area contributed by atoms with Gasteiger partial charge in [0.25, 0.3) is 0 Å². The summed E-state index contributed by atoms with van der Waals surface area (Å²) in [6.45, 7) is -0.0628. The number of aliphatic hydroxyl groups excluding tert-OH is 1. The van der Waals surface area contributed by atoms with Crippen LogP contribution in [0.25, 0.3) is 0 Å². The van der Waals surface area contributed by atoms with Gasteiger partial charge in [0.1, 0.15) is 0 Å². The van der Waals surface area contributed by atoms with Crippen LogP contribution >= 0.6 is 0 Å². The number of hydrogen-bond donors (Lipinski definition) is 2. The highest BCUT2D eigenvalue weighted by atomic mass is 32.2. The van der Waals surface area contributed by atoms with E-state index in [-0.39, 0.29) is 12.4 Å². The van der Waals surface area contributed by atoms with E-state index in [0.29, 0.717) is 12.1 Å². The molecule has 2 N–H and O–H groups in total. The molecular formula is C14H16N2O3S. The quantitative estimate of drug-likeness (QED) is 0.847. The number of pyridine rings is 1. The molecule has 0 aliphatic heterocycles. The standard InChI is InChI=1S/C14H16N2O3S/c17-11-12-4-6-14(7-5-12)16-20(18,19)10-8-13-3-1-2-9-15-13/h1-7,9,16-17H,8,10-11H2. The normalized spacial score (nSPS) is 11.2. The molecule has 1 aromatic carbocycles. The summed E-state index contributed by atoms with van der Waals surface area (Å²) in [7, 11) is -3.40. The van der Waals surface area contributed by atoms with Gasteiger partial charge in [-0.15, -0.1) is 0 Å². The lowest BCUT2D eigenvalue weighted by Gasteiger charge is -2.08. The van der Waals surface area contributed by atoms with Crippen molar-refractivity contribution in [1.29, 1.82) is 0 Å². The van der Waals surface area contributed by atoms with Crippen molar-refractivity contribution in [3.63, 3.8) is 0 Å². The maximum atomic E-state index is 11.9. The van der Waals surface area contributed by atoms with Crippen LogP contribution in [0.5, 0.6) is 0 Å². The Morgan fingerprint density at radius 3 is 2.45 bits per heavy atom. The molecule has 2 aromatic rings. The molecule has 0 bridgehead atoms. The summed E-state index contributed by atoms with van der Waals surface area (Å²) in [5, 5.41) is 8.93. The molecule has 0 aliphatic carbocycles. The Labute approximate surface area is 118 Å². The Balaban J connectivity index is 1.96. The van der Waals surface area contributed by atoms with Gasteiger partial charge < -0.3 is 5.11 Å². The number of sulfonamides is 1. The number of aryl methyl sites for hydroxylation is 1. The zero-order chi connectivity index (χ0) is 14.4. The van der Waals surface area contributed by atoms with Crippen LogP contribution in [0.4, 0.5) is 5.69 Å². The van der Waals surface area contributed by atoms with Gasteiger partial charge in [-0.05, 0) is 29.8 Å². The van der Waals surface area contributed by atoms with Crippen LogP contribution in [0.2, 0.25) is 0 Å². The maximum absolute atomic E-state index is 11.9.